The number of carbonyl (C=O) groups is 2. The minimum absolute atomic E-state index is 0.0312. The maximum absolute atomic E-state index is 11.7. The van der Waals surface area contributed by atoms with Gasteiger partial charge >= 0.3 is 6.03 Å². The maximum atomic E-state index is 11.7. The van der Waals surface area contributed by atoms with E-state index in [1.54, 1.807) is 6.20 Å². The van der Waals surface area contributed by atoms with Gasteiger partial charge in [-0.1, -0.05) is 51.1 Å². The molecule has 0 aliphatic carbocycles. The number of hydrogen-bond donors (Lipinski definition) is 3. The van der Waals surface area contributed by atoms with Crippen LogP contribution in [0.5, 0.6) is 5.75 Å². The quantitative estimate of drug-likeness (QED) is 0.358. The molecular formula is C25H28N4O3. The van der Waals surface area contributed by atoms with Crippen LogP contribution in [-0.4, -0.2) is 17.4 Å². The molecule has 166 valence electrons. The summed E-state index contributed by atoms with van der Waals surface area (Å²) in [6.45, 7) is 7.03. The number of anilines is 1. The lowest BCUT2D eigenvalue weighted by Crippen LogP contribution is -2.39. The van der Waals surface area contributed by atoms with E-state index in [9.17, 15) is 9.59 Å². The third-order valence-electron chi connectivity index (χ3n) is 4.94. The molecule has 3 N–H and O–H groups in total. The normalized spacial score (nSPS) is 11.8. The van der Waals surface area contributed by atoms with Crippen LogP contribution in [-0.2, 0) is 11.4 Å². The van der Waals surface area contributed by atoms with E-state index in [4.69, 9.17) is 4.74 Å². The number of nitrogens with one attached hydrogen (secondary N) is 3. The molecule has 0 radical (unpaired) electrons. The number of hydrogen-bond acceptors (Lipinski definition) is 4. The van der Waals surface area contributed by atoms with Crippen LogP contribution in [0.2, 0.25) is 0 Å². The van der Waals surface area contributed by atoms with Crippen molar-refractivity contribution in [3.05, 3.63) is 89.7 Å². The Kier molecular flexibility index (Phi) is 7.44. The smallest absolute Gasteiger partial charge is 0.337 e. The summed E-state index contributed by atoms with van der Waals surface area (Å²) in [5.41, 5.74) is 8.11. The van der Waals surface area contributed by atoms with Crippen molar-refractivity contribution < 1.29 is 14.3 Å². The van der Waals surface area contributed by atoms with Gasteiger partial charge < -0.3 is 10.1 Å². The lowest BCUT2D eigenvalue weighted by Gasteiger charge is -2.32. The molecule has 0 bridgehead atoms. The van der Waals surface area contributed by atoms with Gasteiger partial charge in [0.1, 0.15) is 12.4 Å². The zero-order chi connectivity index (χ0) is 23.0. The second kappa shape index (κ2) is 10.4. The molecule has 0 saturated carbocycles. The molecule has 7 heteroatoms. The van der Waals surface area contributed by atoms with Crippen LogP contribution in [0.1, 0.15) is 43.5 Å². The van der Waals surface area contributed by atoms with Gasteiger partial charge in [0, 0.05) is 17.8 Å². The summed E-state index contributed by atoms with van der Waals surface area (Å²) in [4.78, 5) is 26.2. The molecule has 3 aromatic rings. The van der Waals surface area contributed by atoms with E-state index in [1.165, 1.54) is 5.56 Å². The molecule has 0 aliphatic heterocycles. The van der Waals surface area contributed by atoms with E-state index in [-0.39, 0.29) is 11.3 Å². The highest BCUT2D eigenvalue weighted by Gasteiger charge is 2.28. The Labute approximate surface area is 188 Å². The summed E-state index contributed by atoms with van der Waals surface area (Å²) in [5.74, 6) is 0.938. The molecule has 1 heterocycles. The largest absolute Gasteiger partial charge is 0.487 e. The van der Waals surface area contributed by atoms with Gasteiger partial charge in [0.05, 0.1) is 5.69 Å². The van der Waals surface area contributed by atoms with Gasteiger partial charge in [-0.05, 0) is 52.9 Å². The van der Waals surface area contributed by atoms with E-state index in [0.29, 0.717) is 18.7 Å². The summed E-state index contributed by atoms with van der Waals surface area (Å²) in [7, 11) is 0. The zero-order valence-electron chi connectivity index (χ0n) is 18.5. The van der Waals surface area contributed by atoms with E-state index < -0.39 is 6.03 Å². The predicted octanol–water partition coefficient (Wildman–Crippen LogP) is 4.62. The standard InChI is InChI=1S/C25H28N4O3/c1-25(2,3)23(18-7-11-20(12-8-18)28-24(31)29-27-17-30)19-9-13-22(14-10-19)32-16-21-6-4-5-15-26-21/h4-15,17,23H,16H2,1-3H3,(H,27,30)(H2,28,29,31). The third kappa shape index (κ3) is 6.31. The fourth-order valence-electron chi connectivity index (χ4n) is 3.61. The Hall–Kier alpha value is -3.87. The Morgan fingerprint density at radius 3 is 2.22 bits per heavy atom. The first-order valence-corrected chi connectivity index (χ1v) is 10.4. The van der Waals surface area contributed by atoms with Crippen molar-refractivity contribution in [3.63, 3.8) is 0 Å². The molecule has 0 aliphatic rings. The molecule has 1 atom stereocenters. The van der Waals surface area contributed by atoms with E-state index in [2.05, 4.69) is 54.1 Å². The Balaban J connectivity index is 1.72. The Morgan fingerprint density at radius 2 is 1.66 bits per heavy atom. The van der Waals surface area contributed by atoms with Crippen molar-refractivity contribution in [1.82, 2.24) is 15.8 Å². The molecule has 0 spiro atoms. The van der Waals surface area contributed by atoms with Gasteiger partial charge in [-0.2, -0.15) is 0 Å². The minimum atomic E-state index is -0.515. The van der Waals surface area contributed by atoms with Crippen LogP contribution in [0.25, 0.3) is 0 Å². The second-order valence-corrected chi connectivity index (χ2v) is 8.44. The SMILES string of the molecule is CC(C)(C)C(c1ccc(NC(=O)NNC=O)cc1)c1ccc(OCc2ccccn2)cc1. The number of pyridine rings is 1. The second-order valence-electron chi connectivity index (χ2n) is 8.44. The molecule has 32 heavy (non-hydrogen) atoms. The minimum Gasteiger partial charge on any atom is -0.487 e. The monoisotopic (exact) mass is 432 g/mol. The topological polar surface area (TPSA) is 92.4 Å². The Bertz CT molecular complexity index is 1010. The van der Waals surface area contributed by atoms with Crippen LogP contribution in [0, 0.1) is 5.41 Å². The molecule has 1 aromatic heterocycles. The number of hydrazine groups is 1. The average Bonchev–Trinajstić information content (AvgIpc) is 2.78. The highest BCUT2D eigenvalue weighted by atomic mass is 16.5. The van der Waals surface area contributed by atoms with Crippen molar-refractivity contribution >= 4 is 18.1 Å². The van der Waals surface area contributed by atoms with Gasteiger partial charge in [-0.25, -0.2) is 10.2 Å². The Morgan fingerprint density at radius 1 is 1.00 bits per heavy atom. The number of carbonyl (C=O) groups excluding carboxylic acids is 2. The summed E-state index contributed by atoms with van der Waals surface area (Å²) in [5, 5.41) is 2.66. The van der Waals surface area contributed by atoms with Crippen LogP contribution in [0.4, 0.5) is 10.5 Å². The van der Waals surface area contributed by atoms with E-state index in [0.717, 1.165) is 17.0 Å². The molecule has 3 amide bonds. The molecule has 3 rings (SSSR count). The van der Waals surface area contributed by atoms with Crippen molar-refractivity contribution in [2.24, 2.45) is 5.41 Å². The summed E-state index contributed by atoms with van der Waals surface area (Å²) >= 11 is 0. The van der Waals surface area contributed by atoms with E-state index >= 15 is 0 Å². The fraction of sp³-hybridized carbons (Fsp3) is 0.240. The summed E-state index contributed by atoms with van der Waals surface area (Å²) in [6.07, 6.45) is 2.15. The van der Waals surface area contributed by atoms with Gasteiger partial charge in [-0.3, -0.25) is 15.2 Å². The summed E-state index contributed by atoms with van der Waals surface area (Å²) in [6, 6.07) is 21.1. The number of amides is 3. The lowest BCUT2D eigenvalue weighted by molar-refractivity contribution is -0.110. The first-order valence-electron chi connectivity index (χ1n) is 10.4. The molecule has 0 fully saturated rings. The van der Waals surface area contributed by atoms with Crippen molar-refractivity contribution in [3.8, 4) is 5.75 Å². The number of nitrogens with zero attached hydrogens (tertiary/aromatic N) is 1. The molecule has 7 nitrogen and oxygen atoms in total. The fourth-order valence-corrected chi connectivity index (χ4v) is 3.61. The van der Waals surface area contributed by atoms with Crippen LogP contribution >= 0.6 is 0 Å². The highest BCUT2D eigenvalue weighted by molar-refractivity contribution is 5.89. The third-order valence-corrected chi connectivity index (χ3v) is 4.94. The molecule has 1 unspecified atom stereocenters. The number of ether oxygens (including phenoxy) is 1. The van der Waals surface area contributed by atoms with Gasteiger partial charge in [0.2, 0.25) is 6.41 Å². The number of urea groups is 1. The van der Waals surface area contributed by atoms with Crippen LogP contribution in [0.3, 0.4) is 0 Å². The average molecular weight is 433 g/mol. The number of rotatable bonds is 8. The van der Waals surface area contributed by atoms with Crippen LogP contribution < -0.4 is 20.9 Å². The highest BCUT2D eigenvalue weighted by Crippen LogP contribution is 2.41. The van der Waals surface area contributed by atoms with Gasteiger partial charge in [-0.15, -0.1) is 0 Å². The number of benzene rings is 2. The van der Waals surface area contributed by atoms with Crippen molar-refractivity contribution in [2.45, 2.75) is 33.3 Å². The van der Waals surface area contributed by atoms with Gasteiger partial charge in [0.15, 0.2) is 0 Å². The predicted molar refractivity (Wildman–Crippen MR) is 124 cm³/mol. The molecule has 2 aromatic carbocycles. The summed E-state index contributed by atoms with van der Waals surface area (Å²) < 4.78 is 5.86. The zero-order valence-corrected chi connectivity index (χ0v) is 18.5. The van der Waals surface area contributed by atoms with Crippen molar-refractivity contribution in [2.75, 3.05) is 5.32 Å². The molecule has 0 saturated heterocycles. The van der Waals surface area contributed by atoms with Crippen molar-refractivity contribution in [1.29, 1.82) is 0 Å². The maximum Gasteiger partial charge on any atom is 0.337 e. The first kappa shape index (κ1) is 22.8. The number of aromatic nitrogens is 1. The van der Waals surface area contributed by atoms with E-state index in [1.807, 2.05) is 54.6 Å². The van der Waals surface area contributed by atoms with Crippen LogP contribution in [0.15, 0.2) is 72.9 Å². The molecular weight excluding hydrogens is 404 g/mol. The van der Waals surface area contributed by atoms with Gasteiger partial charge in [0.25, 0.3) is 0 Å². The first-order chi connectivity index (χ1) is 15.4. The lowest BCUT2D eigenvalue weighted by atomic mass is 9.72.